The molecule has 0 radical (unpaired) electrons. The van der Waals surface area contributed by atoms with Gasteiger partial charge < -0.3 is 4.74 Å². The molecule has 0 aromatic heterocycles. The molecule has 4 nitrogen and oxygen atoms in total. The summed E-state index contributed by atoms with van der Waals surface area (Å²) in [7, 11) is -2.88. The number of benzene rings is 1. The largest absolute Gasteiger partial charge is 0.492 e. The van der Waals surface area contributed by atoms with Crippen LogP contribution in [-0.4, -0.2) is 50.6 Å². The van der Waals surface area contributed by atoms with Crippen molar-refractivity contribution in [2.24, 2.45) is 0 Å². The van der Waals surface area contributed by atoms with Gasteiger partial charge in [0.1, 0.15) is 12.4 Å². The Labute approximate surface area is 131 Å². The van der Waals surface area contributed by atoms with Gasteiger partial charge in [-0.2, -0.15) is 0 Å². The van der Waals surface area contributed by atoms with E-state index >= 15 is 0 Å². The average Bonchev–Trinajstić information content (AvgIpc) is 2.78. The highest BCUT2D eigenvalue weighted by Gasteiger charge is 2.31. The van der Waals surface area contributed by atoms with Crippen LogP contribution in [0.2, 0.25) is 5.02 Å². The summed E-state index contributed by atoms with van der Waals surface area (Å²) < 4.78 is 28.8. The fraction of sp³-hybridized carbons (Fsp3) is 0.467. The molecule has 21 heavy (non-hydrogen) atoms. The van der Waals surface area contributed by atoms with Crippen LogP contribution in [0.3, 0.4) is 0 Å². The van der Waals surface area contributed by atoms with Crippen molar-refractivity contribution in [3.63, 3.8) is 0 Å². The molecule has 0 amide bonds. The van der Waals surface area contributed by atoms with Crippen LogP contribution >= 0.6 is 11.6 Å². The summed E-state index contributed by atoms with van der Waals surface area (Å²) in [5.41, 5.74) is 0. The molecule has 0 unspecified atom stereocenters. The fourth-order valence-corrected chi connectivity index (χ4v) is 4.43. The molecular formula is C15H20ClNO3S. The molecule has 116 valence electrons. The summed E-state index contributed by atoms with van der Waals surface area (Å²) in [6, 6.07) is 7.31. The second-order valence-corrected chi connectivity index (χ2v) is 7.81. The van der Waals surface area contributed by atoms with E-state index in [1.54, 1.807) is 18.2 Å². The van der Waals surface area contributed by atoms with E-state index in [1.807, 2.05) is 12.1 Å². The second kappa shape index (κ2) is 7.29. The van der Waals surface area contributed by atoms with Crippen molar-refractivity contribution in [1.29, 1.82) is 0 Å². The Morgan fingerprint density at radius 3 is 2.90 bits per heavy atom. The zero-order chi connectivity index (χ0) is 15.3. The van der Waals surface area contributed by atoms with Gasteiger partial charge in [0.2, 0.25) is 0 Å². The smallest absolute Gasteiger partial charge is 0.151 e. The summed E-state index contributed by atoms with van der Waals surface area (Å²) >= 11 is 5.90. The highest BCUT2D eigenvalue weighted by molar-refractivity contribution is 7.91. The summed E-state index contributed by atoms with van der Waals surface area (Å²) in [6.45, 7) is 5.56. The Hall–Kier alpha value is -1.04. The van der Waals surface area contributed by atoms with E-state index in [0.717, 1.165) is 5.75 Å². The molecule has 0 spiro atoms. The molecule has 1 heterocycles. The van der Waals surface area contributed by atoms with Crippen molar-refractivity contribution in [2.45, 2.75) is 12.5 Å². The van der Waals surface area contributed by atoms with Crippen LogP contribution in [0.4, 0.5) is 0 Å². The minimum absolute atomic E-state index is 0.0657. The van der Waals surface area contributed by atoms with Gasteiger partial charge in [-0.1, -0.05) is 23.7 Å². The molecule has 1 aliphatic rings. The standard InChI is InChI=1S/C15H20ClNO3S/c1-2-7-17(14-6-10-21(18,19)12-14)8-9-20-15-5-3-4-13(16)11-15/h2-5,11,14H,1,6-10,12H2/t14-/m1/s1. The van der Waals surface area contributed by atoms with Crippen LogP contribution in [0.15, 0.2) is 36.9 Å². The van der Waals surface area contributed by atoms with Crippen molar-refractivity contribution < 1.29 is 13.2 Å². The molecule has 6 heteroatoms. The Kier molecular flexibility index (Phi) is 5.67. The van der Waals surface area contributed by atoms with Gasteiger partial charge in [0.25, 0.3) is 0 Å². The zero-order valence-electron chi connectivity index (χ0n) is 11.9. The third-order valence-electron chi connectivity index (χ3n) is 3.53. The van der Waals surface area contributed by atoms with E-state index in [-0.39, 0.29) is 17.5 Å². The summed E-state index contributed by atoms with van der Waals surface area (Å²) in [4.78, 5) is 2.11. The van der Waals surface area contributed by atoms with E-state index < -0.39 is 9.84 Å². The van der Waals surface area contributed by atoms with Gasteiger partial charge in [0, 0.05) is 24.2 Å². The SMILES string of the molecule is C=CCN(CCOc1cccc(Cl)c1)[C@@H]1CCS(=O)(=O)C1. The number of halogens is 1. The van der Waals surface area contributed by atoms with Gasteiger partial charge in [-0.15, -0.1) is 6.58 Å². The number of hydrogen-bond donors (Lipinski definition) is 0. The van der Waals surface area contributed by atoms with E-state index in [1.165, 1.54) is 0 Å². The lowest BCUT2D eigenvalue weighted by molar-refractivity contribution is 0.185. The molecule has 1 atom stereocenters. The maximum Gasteiger partial charge on any atom is 0.151 e. The summed E-state index contributed by atoms with van der Waals surface area (Å²) in [5.74, 6) is 1.23. The molecule has 0 bridgehead atoms. The first-order valence-electron chi connectivity index (χ1n) is 6.94. The maximum atomic E-state index is 11.6. The Morgan fingerprint density at radius 2 is 2.29 bits per heavy atom. The highest BCUT2D eigenvalue weighted by Crippen LogP contribution is 2.19. The molecule has 1 fully saturated rings. The first kappa shape index (κ1) is 16.3. The number of hydrogen-bond acceptors (Lipinski definition) is 4. The topological polar surface area (TPSA) is 46.6 Å². The third-order valence-corrected chi connectivity index (χ3v) is 5.52. The lowest BCUT2D eigenvalue weighted by Gasteiger charge is -2.26. The Morgan fingerprint density at radius 1 is 1.48 bits per heavy atom. The fourth-order valence-electron chi connectivity index (χ4n) is 2.49. The number of rotatable bonds is 7. The van der Waals surface area contributed by atoms with Crippen molar-refractivity contribution in [1.82, 2.24) is 4.90 Å². The normalized spacial score (nSPS) is 20.6. The highest BCUT2D eigenvalue weighted by atomic mass is 35.5. The molecule has 1 aliphatic heterocycles. The van der Waals surface area contributed by atoms with Crippen LogP contribution < -0.4 is 4.74 Å². The van der Waals surface area contributed by atoms with E-state index in [9.17, 15) is 8.42 Å². The predicted molar refractivity (Wildman–Crippen MR) is 85.8 cm³/mol. The minimum atomic E-state index is -2.88. The molecule has 0 N–H and O–H groups in total. The maximum absolute atomic E-state index is 11.6. The van der Waals surface area contributed by atoms with Crippen LogP contribution in [0.25, 0.3) is 0 Å². The molecule has 1 aromatic carbocycles. The Bertz CT molecular complexity index is 588. The van der Waals surface area contributed by atoms with Crippen molar-refractivity contribution >= 4 is 21.4 Å². The third kappa shape index (κ3) is 5.02. The zero-order valence-corrected chi connectivity index (χ0v) is 13.4. The van der Waals surface area contributed by atoms with E-state index in [4.69, 9.17) is 16.3 Å². The van der Waals surface area contributed by atoms with Crippen molar-refractivity contribution in [3.8, 4) is 5.75 Å². The van der Waals surface area contributed by atoms with Crippen molar-refractivity contribution in [2.75, 3.05) is 31.2 Å². The predicted octanol–water partition coefficient (Wildman–Crippen LogP) is 2.39. The quantitative estimate of drug-likeness (QED) is 0.721. The molecule has 1 saturated heterocycles. The van der Waals surface area contributed by atoms with Gasteiger partial charge in [-0.25, -0.2) is 8.42 Å². The van der Waals surface area contributed by atoms with Gasteiger partial charge in [0.15, 0.2) is 9.84 Å². The minimum Gasteiger partial charge on any atom is -0.492 e. The van der Waals surface area contributed by atoms with Crippen LogP contribution in [-0.2, 0) is 9.84 Å². The van der Waals surface area contributed by atoms with E-state index in [0.29, 0.717) is 31.1 Å². The molecule has 0 saturated carbocycles. The first-order chi connectivity index (χ1) is 10.00. The molecule has 0 aliphatic carbocycles. The summed E-state index contributed by atoms with van der Waals surface area (Å²) in [5, 5.41) is 0.636. The second-order valence-electron chi connectivity index (χ2n) is 5.15. The molecule has 1 aromatic rings. The number of ether oxygens (including phenoxy) is 1. The first-order valence-corrected chi connectivity index (χ1v) is 9.14. The molecular weight excluding hydrogens is 310 g/mol. The lowest BCUT2D eigenvalue weighted by Crippen LogP contribution is -2.39. The summed E-state index contributed by atoms with van der Waals surface area (Å²) in [6.07, 6.45) is 2.48. The Balaban J connectivity index is 1.87. The van der Waals surface area contributed by atoms with Crippen LogP contribution in [0.1, 0.15) is 6.42 Å². The average molecular weight is 330 g/mol. The van der Waals surface area contributed by atoms with E-state index in [2.05, 4.69) is 11.5 Å². The van der Waals surface area contributed by atoms with Crippen molar-refractivity contribution in [3.05, 3.63) is 41.9 Å². The lowest BCUT2D eigenvalue weighted by atomic mass is 10.2. The van der Waals surface area contributed by atoms with Gasteiger partial charge in [0.05, 0.1) is 11.5 Å². The monoisotopic (exact) mass is 329 g/mol. The molecule has 2 rings (SSSR count). The van der Waals surface area contributed by atoms with Crippen LogP contribution in [0, 0.1) is 0 Å². The van der Waals surface area contributed by atoms with Gasteiger partial charge >= 0.3 is 0 Å². The van der Waals surface area contributed by atoms with Gasteiger partial charge in [-0.3, -0.25) is 4.90 Å². The number of nitrogens with zero attached hydrogens (tertiary/aromatic N) is 1. The van der Waals surface area contributed by atoms with Crippen LogP contribution in [0.5, 0.6) is 5.75 Å². The van der Waals surface area contributed by atoms with Gasteiger partial charge in [-0.05, 0) is 24.6 Å². The number of sulfone groups is 1.